The van der Waals surface area contributed by atoms with Crippen LogP contribution < -0.4 is 24.3 Å². The first-order valence-corrected chi connectivity index (χ1v) is 11.5. The van der Waals surface area contributed by atoms with E-state index in [2.05, 4.69) is 50.3 Å². The molecule has 1 atom stereocenters. The van der Waals surface area contributed by atoms with Crippen LogP contribution in [-0.4, -0.2) is 19.3 Å². The minimum absolute atomic E-state index is 0.0250. The summed E-state index contributed by atoms with van der Waals surface area (Å²) >= 11 is 0. The number of fused-ring (bicyclic) bond motifs is 3. The fraction of sp³-hybridized carbons (Fsp3) is 0.0385. The summed E-state index contributed by atoms with van der Waals surface area (Å²) in [5.74, 6) is 1.12. The van der Waals surface area contributed by atoms with Gasteiger partial charge in [-0.15, -0.1) is 5.10 Å². The molecule has 1 unspecified atom stereocenters. The zero-order valence-corrected chi connectivity index (χ0v) is 18.3. The lowest BCUT2D eigenvalue weighted by atomic mass is 10.1. The highest BCUT2D eigenvalue weighted by atomic mass is 16.5. The number of hydrogen-bond acceptors (Lipinski definition) is 4. The van der Waals surface area contributed by atoms with Crippen LogP contribution >= 0.6 is 0 Å². The monoisotopic (exact) mass is 456 g/mol. The third-order valence-corrected chi connectivity index (χ3v) is 7.77. The third-order valence-electron chi connectivity index (χ3n) is 7.77. The Labute approximate surface area is 195 Å². The summed E-state index contributed by atoms with van der Waals surface area (Å²) in [6.45, 7) is 2.00. The van der Waals surface area contributed by atoms with Gasteiger partial charge in [0.1, 0.15) is 4.68 Å². The van der Waals surface area contributed by atoms with Gasteiger partial charge in [0.05, 0.1) is 27.9 Å². The average Bonchev–Trinajstić information content (AvgIpc) is 3.51. The molecule has 162 valence electrons. The highest BCUT2D eigenvalue weighted by Crippen LogP contribution is 2.49. The van der Waals surface area contributed by atoms with E-state index in [-0.39, 0.29) is 10.2 Å². The van der Waals surface area contributed by atoms with E-state index in [9.17, 15) is 4.79 Å². The van der Waals surface area contributed by atoms with Gasteiger partial charge >= 0.3 is 28.8 Å². The van der Waals surface area contributed by atoms with Crippen LogP contribution in [0.1, 0.15) is 5.69 Å². The molecule has 1 spiro atoms. The van der Waals surface area contributed by atoms with Gasteiger partial charge in [0.25, 0.3) is 0 Å². The number of nitrogens with zero attached hydrogens (tertiary/aromatic N) is 7. The van der Waals surface area contributed by atoms with Crippen molar-refractivity contribution in [2.75, 3.05) is 0 Å². The third kappa shape index (κ3) is 1.43. The van der Waals surface area contributed by atoms with Crippen LogP contribution in [-0.2, 0) is 0 Å². The largest absolute Gasteiger partial charge is 0.439 e. The molecule has 0 saturated heterocycles. The molecular formula is C26H14N7O2+3. The van der Waals surface area contributed by atoms with E-state index in [4.69, 9.17) is 14.8 Å². The first-order valence-electron chi connectivity index (χ1n) is 11.5. The molecule has 10 rings (SSSR count). The number of aryl methyl sites for hydroxylation is 1. The van der Waals surface area contributed by atoms with Crippen molar-refractivity contribution in [3.63, 3.8) is 0 Å². The summed E-state index contributed by atoms with van der Waals surface area (Å²) in [6, 6.07) is 18.2. The maximum Gasteiger partial charge on any atom is 0.439 e. The number of benzene rings is 1. The van der Waals surface area contributed by atoms with Gasteiger partial charge in [0.15, 0.2) is 11.7 Å². The Hall–Kier alpha value is -4.89. The maximum atomic E-state index is 13.8. The van der Waals surface area contributed by atoms with Crippen molar-refractivity contribution in [3.8, 4) is 23.1 Å². The van der Waals surface area contributed by atoms with E-state index in [1.807, 2.05) is 36.0 Å². The van der Waals surface area contributed by atoms with Crippen LogP contribution in [0.15, 0.2) is 71.8 Å². The number of ether oxygens (including phenoxy) is 1. The van der Waals surface area contributed by atoms with Gasteiger partial charge in [0.2, 0.25) is 21.4 Å². The second kappa shape index (κ2) is 4.82. The van der Waals surface area contributed by atoms with Crippen molar-refractivity contribution in [2.24, 2.45) is 0 Å². The fourth-order valence-electron chi connectivity index (χ4n) is 6.60. The molecule has 1 aromatic carbocycles. The number of aromatic nitrogens is 6. The Balaban J connectivity index is 1.64. The SMILES string of the molecule is Cc1cc2n(n1)[N+]13c4c(ncc5c(=O)c6cccc7c8ccc[n+]1c8n(c45)c67)Oc1cccc-2[n+]13. The number of rotatable bonds is 0. The second-order valence-electron chi connectivity index (χ2n) is 9.42. The second-order valence-corrected chi connectivity index (χ2v) is 9.42. The molecule has 35 heavy (non-hydrogen) atoms. The Morgan fingerprint density at radius 1 is 0.971 bits per heavy atom. The van der Waals surface area contributed by atoms with Crippen molar-refractivity contribution in [1.82, 2.24) is 24.1 Å². The van der Waals surface area contributed by atoms with Crippen molar-refractivity contribution >= 4 is 43.9 Å². The Bertz CT molecular complexity index is 2250. The Morgan fingerprint density at radius 2 is 1.83 bits per heavy atom. The molecule has 9 heterocycles. The average molecular weight is 456 g/mol. The molecule has 6 aromatic heterocycles. The van der Waals surface area contributed by atoms with E-state index in [0.29, 0.717) is 22.5 Å². The molecule has 0 fully saturated rings. The first kappa shape index (κ1) is 16.7. The van der Waals surface area contributed by atoms with Gasteiger partial charge < -0.3 is 4.74 Å². The Kier molecular flexibility index (Phi) is 2.30. The molecule has 0 aliphatic carbocycles. The predicted octanol–water partition coefficient (Wildman–Crippen LogP) is 2.77. The molecule has 0 radical (unpaired) electrons. The van der Waals surface area contributed by atoms with Crippen LogP contribution in [0.3, 0.4) is 0 Å². The smallest absolute Gasteiger partial charge is 0.375 e. The van der Waals surface area contributed by atoms with E-state index < -0.39 is 0 Å². The quantitative estimate of drug-likeness (QED) is 0.200. The lowest BCUT2D eigenvalue weighted by Crippen LogP contribution is -2.88. The van der Waals surface area contributed by atoms with Gasteiger partial charge in [-0.25, -0.2) is 4.98 Å². The van der Waals surface area contributed by atoms with Crippen LogP contribution in [0.2, 0.25) is 0 Å². The molecule has 9 heteroatoms. The van der Waals surface area contributed by atoms with Gasteiger partial charge in [-0.3, -0.25) is 4.79 Å². The molecule has 0 N–H and O–H groups in total. The van der Waals surface area contributed by atoms with E-state index in [0.717, 1.165) is 50.2 Å². The number of para-hydroxylation sites is 1. The Morgan fingerprint density at radius 3 is 2.77 bits per heavy atom. The first-order chi connectivity index (χ1) is 17.2. The molecular weight excluding hydrogens is 442 g/mol. The molecule has 0 amide bonds. The van der Waals surface area contributed by atoms with Crippen molar-refractivity contribution < 1.29 is 14.1 Å². The lowest BCUT2D eigenvalue weighted by molar-refractivity contribution is -1.05. The summed E-state index contributed by atoms with van der Waals surface area (Å²) in [7, 11) is 0. The lowest BCUT2D eigenvalue weighted by Gasteiger charge is -2.28. The van der Waals surface area contributed by atoms with Crippen LogP contribution in [0.4, 0.5) is 5.69 Å². The highest BCUT2D eigenvalue weighted by Gasteiger charge is 2.71. The number of pyridine rings is 4. The number of quaternary nitrogens is 1. The molecule has 9 nitrogen and oxygen atoms in total. The van der Waals surface area contributed by atoms with E-state index in [1.165, 1.54) is 0 Å². The summed E-state index contributed by atoms with van der Waals surface area (Å²) in [4.78, 5) is 20.6. The summed E-state index contributed by atoms with van der Waals surface area (Å²) in [5.41, 5.74) is 6.31. The molecule has 3 aliphatic heterocycles. The van der Waals surface area contributed by atoms with Gasteiger partial charge in [-0.05, 0) is 43.3 Å². The maximum absolute atomic E-state index is 13.8. The fourth-order valence-corrected chi connectivity index (χ4v) is 6.60. The van der Waals surface area contributed by atoms with Crippen molar-refractivity contribution in [3.05, 3.63) is 82.9 Å². The molecule has 0 bridgehead atoms. The summed E-state index contributed by atoms with van der Waals surface area (Å²) < 4.78 is 13.0. The minimum Gasteiger partial charge on any atom is -0.375 e. The predicted molar refractivity (Wildman–Crippen MR) is 126 cm³/mol. The van der Waals surface area contributed by atoms with Crippen LogP contribution in [0.5, 0.6) is 11.8 Å². The standard InChI is InChI=1S/C26H14N7O2/c1-13-11-19-18-8-3-9-20-31(18)33(32(19)28-13)23-22-17(12-27-25(23)35-20)24(34)16-6-2-5-14-15-7-4-10-29(33)26(15)30(22)21(14)16/h2-12H,1H3/q+3. The van der Waals surface area contributed by atoms with E-state index >= 15 is 0 Å². The van der Waals surface area contributed by atoms with Crippen LogP contribution in [0, 0.1) is 6.92 Å². The normalized spacial score (nSPS) is 18.3. The zero-order valence-electron chi connectivity index (χ0n) is 18.3. The van der Waals surface area contributed by atoms with Crippen LogP contribution in [0.25, 0.3) is 49.6 Å². The highest BCUT2D eigenvalue weighted by molar-refractivity contribution is 6.17. The van der Waals surface area contributed by atoms with Gasteiger partial charge in [-0.1, -0.05) is 6.07 Å². The molecule has 7 aromatic rings. The van der Waals surface area contributed by atoms with Crippen molar-refractivity contribution in [1.29, 1.82) is 0 Å². The van der Waals surface area contributed by atoms with Crippen molar-refractivity contribution in [2.45, 2.75) is 6.92 Å². The number of hydrogen-bond donors (Lipinski definition) is 0. The van der Waals surface area contributed by atoms with Gasteiger partial charge in [-0.2, -0.15) is 4.40 Å². The summed E-state index contributed by atoms with van der Waals surface area (Å²) in [5, 5.41) is 8.37. The molecule has 3 aliphatic rings. The topological polar surface area (TPSA) is 69.2 Å². The summed E-state index contributed by atoms with van der Waals surface area (Å²) in [6.07, 6.45) is 3.73. The van der Waals surface area contributed by atoms with Gasteiger partial charge in [0, 0.05) is 27.1 Å². The molecule has 0 saturated carbocycles. The van der Waals surface area contributed by atoms with E-state index in [1.54, 1.807) is 6.20 Å². The zero-order chi connectivity index (χ0) is 22.8. The minimum atomic E-state index is -0.0250.